The van der Waals surface area contributed by atoms with E-state index in [1.807, 2.05) is 12.2 Å². The third-order valence-corrected chi connectivity index (χ3v) is 3.30. The average molecular weight is 268 g/mol. The first-order valence-electron chi connectivity index (χ1n) is 6.34. The number of amidine groups is 1. The Morgan fingerprint density at radius 1 is 1.50 bits per heavy atom. The number of nitrogens with one attached hydrogen (secondary N) is 2. The predicted octanol–water partition coefficient (Wildman–Crippen LogP) is 0.228. The highest BCUT2D eigenvalue weighted by atomic mass is 35.5. The number of aliphatic imine (C=N–C) groups is 2. The molecule has 0 radical (unpaired) electrons. The van der Waals surface area contributed by atoms with Crippen molar-refractivity contribution < 1.29 is 4.90 Å². The van der Waals surface area contributed by atoms with Crippen molar-refractivity contribution in [2.24, 2.45) is 15.9 Å². The van der Waals surface area contributed by atoms with Gasteiger partial charge in [-0.25, -0.2) is 0 Å². The maximum Gasteiger partial charge on any atom is 0.111 e. The maximum atomic E-state index is 5.98. The van der Waals surface area contributed by atoms with Gasteiger partial charge in [-0.1, -0.05) is 17.7 Å². The zero-order chi connectivity index (χ0) is 13.0. The molecular weight excluding hydrogens is 248 g/mol. The van der Waals surface area contributed by atoms with Crippen molar-refractivity contribution in [1.29, 1.82) is 0 Å². The van der Waals surface area contributed by atoms with Gasteiger partial charge in [0.1, 0.15) is 5.84 Å². The number of hydrogen-bond donors (Lipinski definition) is 2. The Balaban J connectivity index is 1.96. The number of quaternary nitrogens is 1. The molecule has 5 heteroatoms. The fraction of sp³-hybridized carbons (Fsp3) is 0.538. The van der Waals surface area contributed by atoms with Gasteiger partial charge < -0.3 is 10.2 Å². The lowest BCUT2D eigenvalue weighted by molar-refractivity contribution is -0.858. The number of hydrogen-bond acceptors (Lipinski definition) is 2. The average Bonchev–Trinajstić information content (AvgIpc) is 2.34. The van der Waals surface area contributed by atoms with Crippen LogP contribution in [0.1, 0.15) is 6.42 Å². The zero-order valence-corrected chi connectivity index (χ0v) is 11.6. The van der Waals surface area contributed by atoms with Crippen LogP contribution in [0.15, 0.2) is 33.2 Å². The second-order valence-electron chi connectivity index (χ2n) is 4.93. The van der Waals surface area contributed by atoms with Gasteiger partial charge in [-0.15, -0.1) is 0 Å². The summed E-state index contributed by atoms with van der Waals surface area (Å²) in [6, 6.07) is 0.0990. The van der Waals surface area contributed by atoms with Gasteiger partial charge in [0.25, 0.3) is 0 Å². The molecule has 0 spiro atoms. The molecule has 2 aliphatic rings. The smallest absolute Gasteiger partial charge is 0.111 e. The molecule has 0 fully saturated rings. The molecule has 0 saturated heterocycles. The summed E-state index contributed by atoms with van der Waals surface area (Å²) < 4.78 is 0. The molecule has 4 nitrogen and oxygen atoms in total. The first-order valence-corrected chi connectivity index (χ1v) is 6.71. The van der Waals surface area contributed by atoms with E-state index in [0.717, 1.165) is 30.4 Å². The first-order chi connectivity index (χ1) is 8.66. The van der Waals surface area contributed by atoms with Gasteiger partial charge >= 0.3 is 0 Å². The second kappa shape index (κ2) is 6.16. The standard InChI is InChI=1S/C13H19ClN4/c1-18(2)7-3-6-15-13-11-5-4-10(14)8-12(11)16-9-17-13/h4-5,8-9,11-12H,3,6-7H2,1-2H3,(H,15,16,17)/p+1/t11-,12-/m1/s1. The van der Waals surface area contributed by atoms with Gasteiger partial charge in [-0.05, 0) is 12.2 Å². The molecular formula is C13H20ClN4+. The van der Waals surface area contributed by atoms with Crippen LogP contribution in [-0.2, 0) is 0 Å². The van der Waals surface area contributed by atoms with Crippen molar-refractivity contribution in [3.63, 3.8) is 0 Å². The molecule has 0 aromatic rings. The van der Waals surface area contributed by atoms with Crippen LogP contribution in [0.25, 0.3) is 0 Å². The van der Waals surface area contributed by atoms with Crippen LogP contribution in [-0.4, -0.2) is 45.4 Å². The molecule has 2 rings (SSSR count). The highest BCUT2D eigenvalue weighted by Gasteiger charge is 2.26. The molecule has 1 aliphatic heterocycles. The van der Waals surface area contributed by atoms with E-state index in [0.29, 0.717) is 0 Å². The Labute approximate surface area is 113 Å². The third-order valence-electron chi connectivity index (χ3n) is 3.05. The number of rotatable bonds is 4. The molecule has 1 heterocycles. The van der Waals surface area contributed by atoms with Crippen molar-refractivity contribution in [1.82, 2.24) is 5.32 Å². The molecule has 0 amide bonds. The van der Waals surface area contributed by atoms with Crippen LogP contribution in [0.2, 0.25) is 0 Å². The summed E-state index contributed by atoms with van der Waals surface area (Å²) in [5, 5.41) is 3.90. The van der Waals surface area contributed by atoms with Crippen LogP contribution < -0.4 is 10.2 Å². The molecule has 98 valence electrons. The summed E-state index contributed by atoms with van der Waals surface area (Å²) in [5.74, 6) is 1.21. The lowest BCUT2D eigenvalue weighted by Crippen LogP contribution is -3.05. The zero-order valence-electron chi connectivity index (χ0n) is 10.9. The molecule has 2 N–H and O–H groups in total. The summed E-state index contributed by atoms with van der Waals surface area (Å²) in [5.41, 5.74) is 0. The fourth-order valence-corrected chi connectivity index (χ4v) is 2.29. The highest BCUT2D eigenvalue weighted by Crippen LogP contribution is 2.24. The number of nitrogens with zero attached hydrogens (tertiary/aromatic N) is 2. The minimum atomic E-state index is 0.0990. The van der Waals surface area contributed by atoms with E-state index >= 15 is 0 Å². The van der Waals surface area contributed by atoms with Crippen LogP contribution >= 0.6 is 11.6 Å². The van der Waals surface area contributed by atoms with Crippen LogP contribution in [0, 0.1) is 5.92 Å². The Kier molecular flexibility index (Phi) is 4.55. The lowest BCUT2D eigenvalue weighted by Gasteiger charge is -2.27. The molecule has 18 heavy (non-hydrogen) atoms. The van der Waals surface area contributed by atoms with E-state index in [-0.39, 0.29) is 12.0 Å². The van der Waals surface area contributed by atoms with Gasteiger partial charge in [-0.2, -0.15) is 0 Å². The largest absolute Gasteiger partial charge is 0.340 e. The van der Waals surface area contributed by atoms with E-state index in [1.165, 1.54) is 4.90 Å². The Hall–Kier alpha value is -1.13. The van der Waals surface area contributed by atoms with Gasteiger partial charge in [-0.3, -0.25) is 9.98 Å². The van der Waals surface area contributed by atoms with Crippen molar-refractivity contribution in [2.75, 3.05) is 27.2 Å². The highest BCUT2D eigenvalue weighted by molar-refractivity contribution is 6.31. The van der Waals surface area contributed by atoms with E-state index in [4.69, 9.17) is 11.6 Å². The van der Waals surface area contributed by atoms with Gasteiger partial charge in [0.2, 0.25) is 0 Å². The quantitative estimate of drug-likeness (QED) is 0.704. The van der Waals surface area contributed by atoms with E-state index < -0.39 is 0 Å². The summed E-state index contributed by atoms with van der Waals surface area (Å²) in [7, 11) is 4.32. The SMILES string of the molecule is C[NH+](C)CCCN=C1NC=N[C@@H]2C=C(Cl)C=C[C@@H]12. The molecule has 0 bridgehead atoms. The molecule has 2 atom stereocenters. The third kappa shape index (κ3) is 3.43. The summed E-state index contributed by atoms with van der Waals surface area (Å²) in [6.07, 6.45) is 8.79. The minimum absolute atomic E-state index is 0.0990. The number of allylic oxidation sites excluding steroid dienone is 2. The van der Waals surface area contributed by atoms with E-state index in [2.05, 4.69) is 35.5 Å². The van der Waals surface area contributed by atoms with Crippen LogP contribution in [0.3, 0.4) is 0 Å². The molecule has 1 aliphatic carbocycles. The van der Waals surface area contributed by atoms with Crippen molar-refractivity contribution in [2.45, 2.75) is 12.5 Å². The van der Waals surface area contributed by atoms with Crippen molar-refractivity contribution in [3.8, 4) is 0 Å². The Bertz CT molecular complexity index is 409. The van der Waals surface area contributed by atoms with Gasteiger partial charge in [0, 0.05) is 18.0 Å². The molecule has 0 saturated carbocycles. The number of fused-ring (bicyclic) bond motifs is 1. The first kappa shape index (κ1) is 13.3. The molecule has 0 aromatic carbocycles. The van der Waals surface area contributed by atoms with Crippen molar-refractivity contribution in [3.05, 3.63) is 23.3 Å². The topological polar surface area (TPSA) is 41.2 Å². The van der Waals surface area contributed by atoms with Gasteiger partial charge in [0.15, 0.2) is 0 Å². The van der Waals surface area contributed by atoms with E-state index in [9.17, 15) is 0 Å². The molecule has 0 aromatic heterocycles. The second-order valence-corrected chi connectivity index (χ2v) is 5.36. The van der Waals surface area contributed by atoms with Crippen LogP contribution in [0.4, 0.5) is 0 Å². The monoisotopic (exact) mass is 267 g/mol. The minimum Gasteiger partial charge on any atom is -0.340 e. The predicted molar refractivity (Wildman–Crippen MR) is 76.6 cm³/mol. The molecule has 0 unspecified atom stereocenters. The summed E-state index contributed by atoms with van der Waals surface area (Å²) in [6.45, 7) is 2.00. The summed E-state index contributed by atoms with van der Waals surface area (Å²) >= 11 is 5.98. The normalized spacial score (nSPS) is 28.2. The Morgan fingerprint density at radius 2 is 2.33 bits per heavy atom. The maximum absolute atomic E-state index is 5.98. The lowest BCUT2D eigenvalue weighted by atomic mass is 9.93. The van der Waals surface area contributed by atoms with Crippen LogP contribution in [0.5, 0.6) is 0 Å². The summed E-state index contributed by atoms with van der Waals surface area (Å²) in [4.78, 5) is 10.5. The van der Waals surface area contributed by atoms with Gasteiger partial charge in [0.05, 0.1) is 38.9 Å². The fourth-order valence-electron chi connectivity index (χ4n) is 2.09. The number of halogens is 1. The Morgan fingerprint density at radius 3 is 3.11 bits per heavy atom. The van der Waals surface area contributed by atoms with Crippen molar-refractivity contribution >= 4 is 23.8 Å². The van der Waals surface area contributed by atoms with E-state index in [1.54, 1.807) is 6.34 Å².